The van der Waals surface area contributed by atoms with Crippen LogP contribution in [0.2, 0.25) is 0 Å². The lowest BCUT2D eigenvalue weighted by Crippen LogP contribution is -2.14. The summed E-state index contributed by atoms with van der Waals surface area (Å²) in [6, 6.07) is 9.78. The number of hydrogen-bond acceptors (Lipinski definition) is 5. The molecule has 1 heterocycles. The van der Waals surface area contributed by atoms with E-state index in [4.69, 9.17) is 4.74 Å². The third-order valence-electron chi connectivity index (χ3n) is 3.44. The molecule has 24 heavy (non-hydrogen) atoms. The average Bonchev–Trinajstić information content (AvgIpc) is 2.52. The van der Waals surface area contributed by atoms with Crippen LogP contribution in [0.3, 0.4) is 0 Å². The minimum atomic E-state index is 0.0272. The van der Waals surface area contributed by atoms with Gasteiger partial charge in [0.2, 0.25) is 0 Å². The van der Waals surface area contributed by atoms with Crippen molar-refractivity contribution in [3.8, 4) is 17.0 Å². The van der Waals surface area contributed by atoms with Crippen LogP contribution in [0, 0.1) is 12.3 Å². The lowest BCUT2D eigenvalue weighted by Gasteiger charge is -2.16. The van der Waals surface area contributed by atoms with Crippen LogP contribution in [0.15, 0.2) is 35.4 Å². The van der Waals surface area contributed by atoms with Gasteiger partial charge in [0.1, 0.15) is 16.6 Å². The Morgan fingerprint density at radius 2 is 1.92 bits per heavy atom. The number of rotatable bonds is 6. The van der Waals surface area contributed by atoms with Gasteiger partial charge in [-0.1, -0.05) is 32.5 Å². The predicted octanol–water partition coefficient (Wildman–Crippen LogP) is 4.56. The number of methoxy groups -OCH3 is 1. The molecule has 0 amide bonds. The van der Waals surface area contributed by atoms with Gasteiger partial charge in [0.25, 0.3) is 0 Å². The van der Waals surface area contributed by atoms with Gasteiger partial charge in [0.15, 0.2) is 0 Å². The molecular weight excluding hydrogens is 320 g/mol. The van der Waals surface area contributed by atoms with Crippen molar-refractivity contribution in [2.45, 2.75) is 39.1 Å². The number of ketones is 1. The summed E-state index contributed by atoms with van der Waals surface area (Å²) >= 11 is 1.44. The first-order valence-corrected chi connectivity index (χ1v) is 8.90. The molecule has 0 bridgehead atoms. The first kappa shape index (κ1) is 18.5. The number of carbonyl (C=O) groups is 1. The molecule has 0 saturated carbocycles. The summed E-state index contributed by atoms with van der Waals surface area (Å²) in [4.78, 5) is 11.9. The van der Waals surface area contributed by atoms with E-state index in [0.29, 0.717) is 12.2 Å². The molecule has 0 saturated heterocycles. The maximum absolute atomic E-state index is 11.9. The third kappa shape index (κ3) is 5.34. The van der Waals surface area contributed by atoms with Crippen molar-refractivity contribution in [1.82, 2.24) is 10.2 Å². The SMILES string of the molecule is COc1ccc(-c2ccc(SCC(=O)CC(C)(C)C)nn2)cc1C. The first-order chi connectivity index (χ1) is 11.3. The number of aryl methyl sites for hydroxylation is 1. The quantitative estimate of drug-likeness (QED) is 0.719. The van der Waals surface area contributed by atoms with Gasteiger partial charge in [-0.25, -0.2) is 0 Å². The molecule has 1 aromatic carbocycles. The zero-order valence-electron chi connectivity index (χ0n) is 14.9. The summed E-state index contributed by atoms with van der Waals surface area (Å²) in [6.45, 7) is 8.21. The normalized spacial score (nSPS) is 11.4. The van der Waals surface area contributed by atoms with E-state index in [1.54, 1.807) is 7.11 Å². The number of benzene rings is 1. The van der Waals surface area contributed by atoms with Crippen molar-refractivity contribution < 1.29 is 9.53 Å². The summed E-state index contributed by atoms with van der Waals surface area (Å²) in [7, 11) is 1.66. The van der Waals surface area contributed by atoms with Gasteiger partial charge < -0.3 is 4.74 Å². The lowest BCUT2D eigenvalue weighted by atomic mass is 9.90. The lowest BCUT2D eigenvalue weighted by molar-refractivity contribution is -0.118. The van der Waals surface area contributed by atoms with Crippen LogP contribution in [0.25, 0.3) is 11.3 Å². The Morgan fingerprint density at radius 1 is 1.17 bits per heavy atom. The van der Waals surface area contributed by atoms with E-state index in [2.05, 4.69) is 31.0 Å². The van der Waals surface area contributed by atoms with Crippen LogP contribution in [-0.4, -0.2) is 28.8 Å². The fourth-order valence-corrected chi connectivity index (χ4v) is 3.06. The molecule has 4 nitrogen and oxygen atoms in total. The molecule has 0 radical (unpaired) electrons. The number of aromatic nitrogens is 2. The Balaban J connectivity index is 2.00. The van der Waals surface area contributed by atoms with E-state index in [1.807, 2.05) is 37.3 Å². The Hall–Kier alpha value is -1.88. The fourth-order valence-electron chi connectivity index (χ4n) is 2.39. The molecule has 0 aliphatic rings. The molecule has 0 N–H and O–H groups in total. The minimum Gasteiger partial charge on any atom is -0.496 e. The molecule has 5 heteroatoms. The van der Waals surface area contributed by atoms with Crippen LogP contribution in [-0.2, 0) is 4.79 Å². The topological polar surface area (TPSA) is 52.1 Å². The monoisotopic (exact) mass is 344 g/mol. The van der Waals surface area contributed by atoms with E-state index >= 15 is 0 Å². The van der Waals surface area contributed by atoms with Gasteiger partial charge in [0.05, 0.1) is 18.6 Å². The molecule has 2 aromatic rings. The number of nitrogens with zero attached hydrogens (tertiary/aromatic N) is 2. The molecule has 0 aliphatic heterocycles. The third-order valence-corrected chi connectivity index (χ3v) is 4.42. The van der Waals surface area contributed by atoms with Gasteiger partial charge in [0, 0.05) is 12.0 Å². The van der Waals surface area contributed by atoms with Crippen molar-refractivity contribution in [3.63, 3.8) is 0 Å². The first-order valence-electron chi connectivity index (χ1n) is 7.92. The summed E-state index contributed by atoms with van der Waals surface area (Å²) in [5.74, 6) is 1.54. The molecule has 0 aliphatic carbocycles. The van der Waals surface area contributed by atoms with E-state index in [9.17, 15) is 4.79 Å². The molecule has 0 spiro atoms. The van der Waals surface area contributed by atoms with Gasteiger partial charge in [-0.15, -0.1) is 10.2 Å². The molecule has 1 aromatic heterocycles. The molecule has 128 valence electrons. The Morgan fingerprint density at radius 3 is 2.46 bits per heavy atom. The van der Waals surface area contributed by atoms with E-state index < -0.39 is 0 Å². The Bertz CT molecular complexity index is 706. The highest BCUT2D eigenvalue weighted by atomic mass is 32.2. The fraction of sp³-hybridized carbons (Fsp3) is 0.421. The number of Topliss-reactive ketones (excluding diaryl/α,β-unsaturated/α-hetero) is 1. The second-order valence-electron chi connectivity index (χ2n) is 7.01. The van der Waals surface area contributed by atoms with Crippen LogP contribution in [0.1, 0.15) is 32.8 Å². The molecule has 2 rings (SSSR count). The van der Waals surface area contributed by atoms with Crippen molar-refractivity contribution in [1.29, 1.82) is 0 Å². The maximum Gasteiger partial charge on any atom is 0.143 e. The van der Waals surface area contributed by atoms with Crippen molar-refractivity contribution in [2.24, 2.45) is 5.41 Å². The predicted molar refractivity (Wildman–Crippen MR) is 98.6 cm³/mol. The highest BCUT2D eigenvalue weighted by Gasteiger charge is 2.16. The van der Waals surface area contributed by atoms with Crippen molar-refractivity contribution in [3.05, 3.63) is 35.9 Å². The molecule has 0 atom stereocenters. The minimum absolute atomic E-state index is 0.0272. The molecule has 0 unspecified atom stereocenters. The number of ether oxygens (including phenoxy) is 1. The standard InChI is InChI=1S/C19H24N2O2S/c1-13-10-14(6-8-17(13)23-5)16-7-9-18(21-20-16)24-12-15(22)11-19(2,3)4/h6-10H,11-12H2,1-5H3. The maximum atomic E-state index is 11.9. The van der Waals surface area contributed by atoms with Gasteiger partial charge in [-0.05, 0) is 48.2 Å². The van der Waals surface area contributed by atoms with Crippen LogP contribution >= 0.6 is 11.8 Å². The van der Waals surface area contributed by atoms with Gasteiger partial charge in [-0.3, -0.25) is 4.79 Å². The summed E-state index contributed by atoms with van der Waals surface area (Å²) < 4.78 is 5.27. The zero-order chi connectivity index (χ0) is 17.7. The van der Waals surface area contributed by atoms with Crippen LogP contribution in [0.4, 0.5) is 0 Å². The van der Waals surface area contributed by atoms with Crippen molar-refractivity contribution >= 4 is 17.5 Å². The summed E-state index contributed by atoms with van der Waals surface area (Å²) in [5, 5.41) is 9.27. The number of carbonyl (C=O) groups excluding carboxylic acids is 1. The highest BCUT2D eigenvalue weighted by Crippen LogP contribution is 2.26. The van der Waals surface area contributed by atoms with E-state index in [-0.39, 0.29) is 11.2 Å². The van der Waals surface area contributed by atoms with E-state index in [0.717, 1.165) is 27.6 Å². The summed E-state index contributed by atoms with van der Waals surface area (Å²) in [5.41, 5.74) is 2.90. The van der Waals surface area contributed by atoms with Gasteiger partial charge in [-0.2, -0.15) is 0 Å². The smallest absolute Gasteiger partial charge is 0.143 e. The summed E-state index contributed by atoms with van der Waals surface area (Å²) in [6.07, 6.45) is 0.580. The Kier molecular flexibility index (Phi) is 5.99. The molecular formula is C19H24N2O2S. The van der Waals surface area contributed by atoms with Crippen molar-refractivity contribution in [2.75, 3.05) is 12.9 Å². The Labute approximate surface area is 148 Å². The zero-order valence-corrected chi connectivity index (χ0v) is 15.7. The number of hydrogen-bond donors (Lipinski definition) is 0. The van der Waals surface area contributed by atoms with Crippen LogP contribution < -0.4 is 4.74 Å². The van der Waals surface area contributed by atoms with E-state index in [1.165, 1.54) is 11.8 Å². The second kappa shape index (κ2) is 7.79. The number of thioether (sulfide) groups is 1. The second-order valence-corrected chi connectivity index (χ2v) is 8.00. The van der Waals surface area contributed by atoms with Crippen LogP contribution in [0.5, 0.6) is 5.75 Å². The average molecular weight is 344 g/mol. The molecule has 0 fully saturated rings. The van der Waals surface area contributed by atoms with Gasteiger partial charge >= 0.3 is 0 Å². The largest absolute Gasteiger partial charge is 0.496 e. The highest BCUT2D eigenvalue weighted by molar-refractivity contribution is 7.99.